The lowest BCUT2D eigenvalue weighted by Gasteiger charge is -2.67. The maximum Gasteiger partial charge on any atom is 0.524 e. The summed E-state index contributed by atoms with van der Waals surface area (Å²) < 4.78 is 41.5. The van der Waals surface area contributed by atoms with Gasteiger partial charge in [0.05, 0.1) is 16.7 Å². The van der Waals surface area contributed by atoms with Gasteiger partial charge in [-0.3, -0.25) is 19.6 Å². The van der Waals surface area contributed by atoms with E-state index in [1.807, 2.05) is 6.07 Å². The van der Waals surface area contributed by atoms with Gasteiger partial charge >= 0.3 is 15.6 Å². The van der Waals surface area contributed by atoms with Crippen LogP contribution in [0.1, 0.15) is 127 Å². The molecule has 326 valence electrons. The standard InChI is InChI=1S/C43H52Cl2O13P2/c44-36-18-16-28(24-38(36)53-59(46,47)48)40(41(56-55-40)29-10-5-14-34(41)32-12-3-1-8-26(32)22-29)20-7-21-52-43(31-17-19-37(45)39(25-31)54-60(49,50)51)42(57-58-43)30-11-6-15-35(42)33-13-4-2-9-27(33)23-30/h16-19,24-25,29-30,34-35H,1-15,20-23H2,(H2,46,47,48)(H2,49,50,51). The molecule has 2 saturated heterocycles. The van der Waals surface area contributed by atoms with Crippen molar-refractivity contribution in [3.05, 3.63) is 79.9 Å². The van der Waals surface area contributed by atoms with E-state index in [-0.39, 0.29) is 51.8 Å². The third-order valence-electron chi connectivity index (χ3n) is 15.3. The topological polar surface area (TPSA) is 180 Å². The third kappa shape index (κ3) is 6.59. The number of rotatable bonds is 11. The lowest BCUT2D eigenvalue weighted by atomic mass is 9.50. The number of halogens is 2. The molecule has 2 aliphatic heterocycles. The number of allylic oxidation sites excluding steroid dienone is 2. The third-order valence-corrected chi connectivity index (χ3v) is 16.8. The minimum absolute atomic E-state index is 0.0231. The van der Waals surface area contributed by atoms with Gasteiger partial charge in [0.25, 0.3) is 5.79 Å². The van der Waals surface area contributed by atoms with Crippen molar-refractivity contribution >= 4 is 38.8 Å². The summed E-state index contributed by atoms with van der Waals surface area (Å²) in [5.41, 5.74) is 4.41. The summed E-state index contributed by atoms with van der Waals surface area (Å²) in [7, 11) is -9.93. The molecule has 60 heavy (non-hydrogen) atoms. The van der Waals surface area contributed by atoms with Crippen LogP contribution in [0.2, 0.25) is 10.0 Å². The van der Waals surface area contributed by atoms with Crippen LogP contribution in [0.4, 0.5) is 0 Å². The van der Waals surface area contributed by atoms with Crippen molar-refractivity contribution in [1.82, 2.24) is 0 Å². The maximum absolute atomic E-state index is 12.1. The molecular formula is C43H52Cl2O13P2. The average Bonchev–Trinajstić information content (AvgIpc) is 3.19. The lowest BCUT2D eigenvalue weighted by molar-refractivity contribution is -0.642. The SMILES string of the molecule is O=P(O)(O)Oc1cc(C2(CCCOC3(c4ccc(Cl)c(OP(=O)(O)O)c4)OOC34C3CCCC4C4=C(CCCC4)C3)OOC23C2CCCC3C3=C(CCCC3)C2)ccc1Cl. The van der Waals surface area contributed by atoms with Crippen LogP contribution in [0.15, 0.2) is 58.7 Å². The van der Waals surface area contributed by atoms with Crippen LogP contribution in [0.5, 0.6) is 11.5 Å². The zero-order valence-electron chi connectivity index (χ0n) is 33.3. The molecule has 6 aliphatic carbocycles. The number of phosphoric ester groups is 2. The summed E-state index contributed by atoms with van der Waals surface area (Å²) in [6.45, 7) is 0.164. The number of hydrogen-bond acceptors (Lipinski definition) is 9. The molecule has 0 aromatic heterocycles. The molecule has 8 atom stereocenters. The molecule has 2 heterocycles. The number of ether oxygens (including phenoxy) is 1. The van der Waals surface area contributed by atoms with Crippen LogP contribution >= 0.6 is 38.8 Å². The highest BCUT2D eigenvalue weighted by Crippen LogP contribution is 2.70. The molecule has 2 aromatic carbocycles. The van der Waals surface area contributed by atoms with Crippen molar-refractivity contribution in [1.29, 1.82) is 0 Å². The highest BCUT2D eigenvalue weighted by Gasteiger charge is 2.76. The Balaban J connectivity index is 1.03. The second-order valence-electron chi connectivity index (χ2n) is 18.2. The molecule has 4 bridgehead atoms. The van der Waals surface area contributed by atoms with Crippen LogP contribution in [-0.2, 0) is 44.8 Å². The van der Waals surface area contributed by atoms with E-state index in [1.54, 1.807) is 29.8 Å². The minimum Gasteiger partial charge on any atom is -0.403 e. The molecule has 2 saturated carbocycles. The lowest BCUT2D eigenvalue weighted by Crippen LogP contribution is -2.75. The Hall–Kier alpha value is -1.80. The number of hydrogen-bond donors (Lipinski definition) is 4. The van der Waals surface area contributed by atoms with Gasteiger partial charge in [0, 0.05) is 23.3 Å². The minimum atomic E-state index is -4.97. The fraction of sp³-hybridized carbons (Fsp3) is 0.628. The van der Waals surface area contributed by atoms with Crippen molar-refractivity contribution in [2.45, 2.75) is 138 Å². The van der Waals surface area contributed by atoms with Gasteiger partial charge in [-0.1, -0.05) is 70.5 Å². The Morgan fingerprint density at radius 2 is 1.15 bits per heavy atom. The molecule has 4 fully saturated rings. The van der Waals surface area contributed by atoms with Crippen LogP contribution in [-0.4, -0.2) is 37.4 Å². The Morgan fingerprint density at radius 3 is 1.68 bits per heavy atom. The van der Waals surface area contributed by atoms with E-state index < -0.39 is 38.2 Å². The number of fused-ring (bicyclic) bond motifs is 2. The smallest absolute Gasteiger partial charge is 0.403 e. The maximum atomic E-state index is 12.1. The Morgan fingerprint density at radius 1 is 0.633 bits per heavy atom. The van der Waals surface area contributed by atoms with Gasteiger partial charge in [-0.15, -0.1) is 0 Å². The van der Waals surface area contributed by atoms with Crippen LogP contribution in [0, 0.1) is 23.7 Å². The molecule has 8 unspecified atom stereocenters. The normalized spacial score (nSPS) is 36.0. The van der Waals surface area contributed by atoms with E-state index in [0.29, 0.717) is 24.0 Å². The van der Waals surface area contributed by atoms with E-state index >= 15 is 0 Å². The first kappa shape index (κ1) is 42.2. The molecule has 2 aromatic rings. The zero-order chi connectivity index (χ0) is 41.7. The van der Waals surface area contributed by atoms with Crippen molar-refractivity contribution < 1.29 is 62.0 Å². The largest absolute Gasteiger partial charge is 0.524 e. The molecule has 13 nitrogen and oxygen atoms in total. The molecule has 0 amide bonds. The quantitative estimate of drug-likeness (QED) is 0.0725. The summed E-state index contributed by atoms with van der Waals surface area (Å²) in [6.07, 6.45) is 17.2. The van der Waals surface area contributed by atoms with Crippen molar-refractivity contribution in [2.75, 3.05) is 6.61 Å². The van der Waals surface area contributed by atoms with Gasteiger partial charge in [-0.2, -0.15) is 4.89 Å². The van der Waals surface area contributed by atoms with Crippen molar-refractivity contribution in [3.63, 3.8) is 0 Å². The Labute approximate surface area is 359 Å². The van der Waals surface area contributed by atoms with E-state index in [2.05, 4.69) is 0 Å². The first-order valence-electron chi connectivity index (χ1n) is 21.6. The van der Waals surface area contributed by atoms with E-state index in [4.69, 9.17) is 56.5 Å². The molecule has 17 heteroatoms. The van der Waals surface area contributed by atoms with E-state index in [1.165, 1.54) is 35.6 Å². The van der Waals surface area contributed by atoms with Gasteiger partial charge < -0.3 is 13.8 Å². The molecule has 8 aliphatic rings. The van der Waals surface area contributed by atoms with Gasteiger partial charge in [-0.25, -0.2) is 23.8 Å². The average molecular weight is 910 g/mol. The fourth-order valence-corrected chi connectivity index (χ4v) is 14.4. The van der Waals surface area contributed by atoms with Crippen molar-refractivity contribution in [2.24, 2.45) is 23.7 Å². The fourth-order valence-electron chi connectivity index (χ4n) is 13.2. The zero-order valence-corrected chi connectivity index (χ0v) is 36.6. The number of phosphoric acid groups is 2. The second kappa shape index (κ2) is 15.4. The van der Waals surface area contributed by atoms with Gasteiger partial charge in [-0.05, 0) is 138 Å². The second-order valence-corrected chi connectivity index (χ2v) is 21.4. The summed E-state index contributed by atoms with van der Waals surface area (Å²) in [4.78, 5) is 65.0. The van der Waals surface area contributed by atoms with E-state index in [0.717, 1.165) is 89.9 Å². The van der Waals surface area contributed by atoms with Gasteiger partial charge in [0.2, 0.25) is 0 Å². The van der Waals surface area contributed by atoms with Crippen LogP contribution < -0.4 is 9.05 Å². The first-order valence-corrected chi connectivity index (χ1v) is 25.4. The summed E-state index contributed by atoms with van der Waals surface area (Å²) in [5.74, 6) is -1.44. The number of benzene rings is 2. The molecular weight excluding hydrogens is 857 g/mol. The predicted octanol–water partition coefficient (Wildman–Crippen LogP) is 10.6. The summed E-state index contributed by atoms with van der Waals surface area (Å²) >= 11 is 13.0. The molecule has 4 N–H and O–H groups in total. The van der Waals surface area contributed by atoms with Crippen LogP contribution in [0.3, 0.4) is 0 Å². The van der Waals surface area contributed by atoms with Crippen LogP contribution in [0.25, 0.3) is 0 Å². The van der Waals surface area contributed by atoms with Crippen molar-refractivity contribution in [3.8, 4) is 11.5 Å². The molecule has 10 rings (SSSR count). The predicted molar refractivity (Wildman–Crippen MR) is 218 cm³/mol. The Kier molecular flexibility index (Phi) is 10.8. The Bertz CT molecular complexity index is 2070. The summed E-state index contributed by atoms with van der Waals surface area (Å²) in [6, 6.07) is 9.81. The monoisotopic (exact) mass is 908 g/mol. The van der Waals surface area contributed by atoms with Gasteiger partial charge in [0.15, 0.2) is 22.7 Å². The highest BCUT2D eigenvalue weighted by atomic mass is 35.5. The van der Waals surface area contributed by atoms with E-state index in [9.17, 15) is 28.7 Å². The highest BCUT2D eigenvalue weighted by molar-refractivity contribution is 7.47. The summed E-state index contributed by atoms with van der Waals surface area (Å²) in [5, 5.41) is 0.0889. The molecule has 2 spiro atoms. The first-order chi connectivity index (χ1) is 28.7. The molecule has 0 radical (unpaired) electrons. The van der Waals surface area contributed by atoms with Gasteiger partial charge in [0.1, 0.15) is 5.60 Å².